The van der Waals surface area contributed by atoms with E-state index in [1.807, 2.05) is 55.5 Å². The maximum absolute atomic E-state index is 13.2. The van der Waals surface area contributed by atoms with E-state index in [0.29, 0.717) is 0 Å². The Morgan fingerprint density at radius 2 is 2.04 bits per heavy atom. The summed E-state index contributed by atoms with van der Waals surface area (Å²) in [4.78, 5) is 20.5. The molecule has 1 aliphatic heterocycles. The van der Waals surface area contributed by atoms with E-state index < -0.39 is 0 Å². The first-order chi connectivity index (χ1) is 12.7. The minimum Gasteiger partial charge on any atom is -0.322 e. The summed E-state index contributed by atoms with van der Waals surface area (Å²) < 4.78 is 0. The van der Waals surface area contributed by atoms with E-state index in [9.17, 15) is 4.79 Å². The summed E-state index contributed by atoms with van der Waals surface area (Å²) in [5.41, 5.74) is 5.75. The topological polar surface area (TPSA) is 45.2 Å². The molecule has 0 radical (unpaired) electrons. The molecule has 0 spiro atoms. The number of amides is 1. The molecule has 0 unspecified atom stereocenters. The molecule has 0 aliphatic carbocycles. The first kappa shape index (κ1) is 16.7. The Morgan fingerprint density at radius 3 is 2.85 bits per heavy atom. The van der Waals surface area contributed by atoms with Gasteiger partial charge in [0.1, 0.15) is 0 Å². The Balaban J connectivity index is 1.83. The van der Waals surface area contributed by atoms with Gasteiger partial charge in [0, 0.05) is 41.8 Å². The maximum atomic E-state index is 13.2. The van der Waals surface area contributed by atoms with Crippen LogP contribution >= 0.6 is 0 Å². The largest absolute Gasteiger partial charge is 0.322 e. The van der Waals surface area contributed by atoms with Crippen LogP contribution in [0.1, 0.15) is 34.1 Å². The molecule has 3 aromatic rings. The van der Waals surface area contributed by atoms with Crippen LogP contribution in [-0.2, 0) is 13.0 Å². The van der Waals surface area contributed by atoms with Gasteiger partial charge in [0.15, 0.2) is 0 Å². The normalized spacial score (nSPS) is 14.2. The zero-order valence-corrected chi connectivity index (χ0v) is 15.2. The van der Waals surface area contributed by atoms with Crippen LogP contribution in [0.3, 0.4) is 0 Å². The molecule has 26 heavy (non-hydrogen) atoms. The summed E-state index contributed by atoms with van der Waals surface area (Å²) >= 11 is 0. The summed E-state index contributed by atoms with van der Waals surface area (Å²) in [7, 11) is 0. The van der Waals surface area contributed by atoms with Gasteiger partial charge in [-0.1, -0.05) is 37.3 Å². The van der Waals surface area contributed by atoms with Crippen LogP contribution in [-0.4, -0.2) is 28.9 Å². The van der Waals surface area contributed by atoms with Gasteiger partial charge in [-0.25, -0.2) is 0 Å². The second kappa shape index (κ2) is 6.89. The van der Waals surface area contributed by atoms with Gasteiger partial charge in [0.05, 0.1) is 11.1 Å². The Morgan fingerprint density at radius 1 is 1.19 bits per heavy atom. The fourth-order valence-corrected chi connectivity index (χ4v) is 3.69. The highest BCUT2D eigenvalue weighted by atomic mass is 16.1. The second-order valence-electron chi connectivity index (χ2n) is 6.87. The van der Waals surface area contributed by atoms with E-state index >= 15 is 0 Å². The zero-order valence-electron chi connectivity index (χ0n) is 15.2. The number of aryl methyl sites for hydroxylation is 1. The van der Waals surface area contributed by atoms with Gasteiger partial charge in [-0.05, 0) is 37.2 Å². The van der Waals surface area contributed by atoms with Gasteiger partial charge < -0.3 is 5.32 Å². The summed E-state index contributed by atoms with van der Waals surface area (Å²) in [5.74, 6) is -0.0524. The minimum atomic E-state index is -0.0524. The molecule has 0 fully saturated rings. The third-order valence-electron chi connectivity index (χ3n) is 5.08. The Bertz CT molecular complexity index is 980. The lowest BCUT2D eigenvalue weighted by molar-refractivity contribution is 0.102. The highest BCUT2D eigenvalue weighted by Crippen LogP contribution is 2.29. The third-order valence-corrected chi connectivity index (χ3v) is 5.08. The number of nitrogens with zero attached hydrogens (tertiary/aromatic N) is 2. The number of hydrogen-bond acceptors (Lipinski definition) is 3. The number of likely N-dealkylation sites (N-methyl/N-ethyl adjacent to an activating group) is 1. The van der Waals surface area contributed by atoms with Crippen LogP contribution in [0, 0.1) is 6.92 Å². The monoisotopic (exact) mass is 345 g/mol. The molecule has 4 nitrogen and oxygen atoms in total. The molecule has 2 heterocycles. The summed E-state index contributed by atoms with van der Waals surface area (Å²) in [6.45, 7) is 6.93. The maximum Gasteiger partial charge on any atom is 0.256 e. The van der Waals surface area contributed by atoms with Gasteiger partial charge in [-0.3, -0.25) is 14.7 Å². The lowest BCUT2D eigenvalue weighted by Gasteiger charge is -2.29. The number of benzene rings is 2. The van der Waals surface area contributed by atoms with E-state index in [1.54, 1.807) is 0 Å². The number of hydrogen-bond donors (Lipinski definition) is 1. The summed E-state index contributed by atoms with van der Waals surface area (Å²) in [6, 6.07) is 15.9. The van der Waals surface area contributed by atoms with Crippen molar-refractivity contribution in [3.63, 3.8) is 0 Å². The van der Waals surface area contributed by atoms with E-state index in [0.717, 1.165) is 65.0 Å². The number of fused-ring (bicyclic) bond motifs is 2. The van der Waals surface area contributed by atoms with Crippen molar-refractivity contribution in [1.82, 2.24) is 9.88 Å². The number of carbonyl (C=O) groups excluding carboxylic acids is 1. The molecule has 2 aromatic carbocycles. The fraction of sp³-hybridized carbons (Fsp3) is 0.273. The lowest BCUT2D eigenvalue weighted by Crippen LogP contribution is -2.33. The molecule has 4 heteroatoms. The number of pyridine rings is 1. The van der Waals surface area contributed by atoms with Gasteiger partial charge >= 0.3 is 0 Å². The second-order valence-corrected chi connectivity index (χ2v) is 6.87. The predicted octanol–water partition coefficient (Wildman–Crippen LogP) is 4.17. The molecule has 4 rings (SSSR count). The van der Waals surface area contributed by atoms with Gasteiger partial charge in [0.25, 0.3) is 5.91 Å². The quantitative estimate of drug-likeness (QED) is 0.775. The zero-order chi connectivity index (χ0) is 18.1. The van der Waals surface area contributed by atoms with Crippen molar-refractivity contribution in [2.75, 3.05) is 18.4 Å². The van der Waals surface area contributed by atoms with Crippen molar-refractivity contribution in [3.8, 4) is 0 Å². The highest BCUT2D eigenvalue weighted by molar-refractivity contribution is 6.13. The molecule has 132 valence electrons. The van der Waals surface area contributed by atoms with E-state index in [1.165, 1.54) is 0 Å². The Hall–Kier alpha value is -2.72. The molecule has 0 saturated heterocycles. The molecule has 1 aliphatic rings. The van der Waals surface area contributed by atoms with Crippen LogP contribution < -0.4 is 5.32 Å². The molecule has 1 amide bonds. The molecular formula is C22H23N3O. The van der Waals surface area contributed by atoms with Crippen molar-refractivity contribution in [2.24, 2.45) is 0 Å². The average molecular weight is 345 g/mol. The highest BCUT2D eigenvalue weighted by Gasteiger charge is 2.25. The predicted molar refractivity (Wildman–Crippen MR) is 106 cm³/mol. The van der Waals surface area contributed by atoms with Crippen LogP contribution in [0.15, 0.2) is 48.5 Å². The first-order valence-corrected chi connectivity index (χ1v) is 9.16. The minimum absolute atomic E-state index is 0.0524. The first-order valence-electron chi connectivity index (χ1n) is 9.16. The van der Waals surface area contributed by atoms with E-state index in [2.05, 4.69) is 17.1 Å². The number of rotatable bonds is 3. The van der Waals surface area contributed by atoms with Crippen molar-refractivity contribution in [3.05, 3.63) is 70.9 Å². The SMILES string of the molecule is CCN1CCc2nc3ccccc3c(C(=O)Nc3cccc(C)c3)c2C1. The van der Waals surface area contributed by atoms with Crippen LogP contribution in [0.5, 0.6) is 0 Å². The van der Waals surface area contributed by atoms with Crippen LogP contribution in [0.2, 0.25) is 0 Å². The molecule has 0 saturated carbocycles. The molecule has 1 N–H and O–H groups in total. The Kier molecular flexibility index (Phi) is 4.43. The van der Waals surface area contributed by atoms with Crippen molar-refractivity contribution in [2.45, 2.75) is 26.8 Å². The lowest BCUT2D eigenvalue weighted by atomic mass is 9.95. The number of para-hydroxylation sites is 1. The van der Waals surface area contributed by atoms with Gasteiger partial charge in [-0.15, -0.1) is 0 Å². The summed E-state index contributed by atoms with van der Waals surface area (Å²) in [5, 5.41) is 4.01. The molecular weight excluding hydrogens is 322 g/mol. The smallest absolute Gasteiger partial charge is 0.256 e. The van der Waals surface area contributed by atoms with Crippen molar-refractivity contribution < 1.29 is 4.79 Å². The third kappa shape index (κ3) is 3.08. The average Bonchev–Trinajstić information content (AvgIpc) is 2.65. The number of anilines is 1. The van der Waals surface area contributed by atoms with Crippen molar-refractivity contribution in [1.29, 1.82) is 0 Å². The van der Waals surface area contributed by atoms with Crippen LogP contribution in [0.25, 0.3) is 10.9 Å². The van der Waals surface area contributed by atoms with Gasteiger partial charge in [0.2, 0.25) is 0 Å². The van der Waals surface area contributed by atoms with Gasteiger partial charge in [-0.2, -0.15) is 0 Å². The standard InChI is InChI=1S/C22H23N3O/c1-3-25-12-11-20-18(14-25)21(17-9-4-5-10-19(17)24-20)22(26)23-16-8-6-7-15(2)13-16/h4-10,13H,3,11-12,14H2,1-2H3,(H,23,26). The van der Waals surface area contributed by atoms with Crippen LogP contribution in [0.4, 0.5) is 5.69 Å². The molecule has 0 atom stereocenters. The molecule has 1 aromatic heterocycles. The number of aromatic nitrogens is 1. The number of nitrogens with one attached hydrogen (secondary N) is 1. The molecule has 0 bridgehead atoms. The van der Waals surface area contributed by atoms with Crippen molar-refractivity contribution >= 4 is 22.5 Å². The van der Waals surface area contributed by atoms with E-state index in [4.69, 9.17) is 4.98 Å². The van der Waals surface area contributed by atoms with E-state index in [-0.39, 0.29) is 5.91 Å². The summed E-state index contributed by atoms with van der Waals surface area (Å²) in [6.07, 6.45) is 0.888. The fourth-order valence-electron chi connectivity index (χ4n) is 3.69. The number of carbonyl (C=O) groups is 1. The Labute approximate surface area is 153 Å².